The fraction of sp³-hybridized carbons (Fsp3) is 0.667. The largest absolute Gasteiger partial charge is 0.423 e. The molecule has 0 saturated heterocycles. The third-order valence-electron chi connectivity index (χ3n) is 0.701. The van der Waals surface area contributed by atoms with Crippen molar-refractivity contribution >= 4 is 5.91 Å². The van der Waals surface area contributed by atoms with Crippen LogP contribution < -0.4 is 11.3 Å². The highest BCUT2D eigenvalue weighted by atomic mass is 19.4. The number of hydrogen-bond donors (Lipinski definition) is 3. The summed E-state index contributed by atoms with van der Waals surface area (Å²) in [6, 6.07) is 0. The summed E-state index contributed by atoms with van der Waals surface area (Å²) in [6.07, 6.45) is -8.00. The Labute approximate surface area is 53.8 Å². The number of hydrazine groups is 1. The highest BCUT2D eigenvalue weighted by Crippen LogP contribution is 2.19. The maximum atomic E-state index is 11.3. The predicted molar refractivity (Wildman–Crippen MR) is 24.4 cm³/mol. The quantitative estimate of drug-likeness (QED) is 0.257. The van der Waals surface area contributed by atoms with Gasteiger partial charge in [-0.05, 0) is 0 Å². The molecule has 0 spiro atoms. The average molecular weight is 158 g/mol. The van der Waals surface area contributed by atoms with Gasteiger partial charge in [0.2, 0.25) is 6.10 Å². The van der Waals surface area contributed by atoms with E-state index in [1.54, 1.807) is 0 Å². The Bertz CT molecular complexity index is 134. The number of amides is 1. The van der Waals surface area contributed by atoms with Gasteiger partial charge in [-0.1, -0.05) is 0 Å². The second kappa shape index (κ2) is 2.84. The van der Waals surface area contributed by atoms with Crippen molar-refractivity contribution in [2.45, 2.75) is 12.3 Å². The number of carbonyl (C=O) groups excluding carboxylic acids is 1. The minimum absolute atomic E-state index is 1.16. The number of hydrogen-bond acceptors (Lipinski definition) is 3. The lowest BCUT2D eigenvalue weighted by Crippen LogP contribution is -2.46. The molecule has 0 aliphatic rings. The van der Waals surface area contributed by atoms with E-state index in [0.717, 1.165) is 5.43 Å². The van der Waals surface area contributed by atoms with Crippen LogP contribution in [0, 0.1) is 0 Å². The second-order valence-corrected chi connectivity index (χ2v) is 1.45. The maximum Gasteiger partial charge on any atom is 0.423 e. The molecule has 0 aliphatic heterocycles. The smallest absolute Gasteiger partial charge is 0.376 e. The summed E-state index contributed by atoms with van der Waals surface area (Å²) in [5.74, 6) is 2.64. The van der Waals surface area contributed by atoms with Crippen molar-refractivity contribution in [2.24, 2.45) is 5.84 Å². The van der Waals surface area contributed by atoms with Gasteiger partial charge in [0.15, 0.2) is 0 Å². The number of carbonyl (C=O) groups is 1. The van der Waals surface area contributed by atoms with Crippen molar-refractivity contribution in [1.29, 1.82) is 0 Å². The van der Waals surface area contributed by atoms with E-state index in [2.05, 4.69) is 5.84 Å². The monoisotopic (exact) mass is 158 g/mol. The number of aliphatic hydroxyl groups excluding tert-OH is 1. The van der Waals surface area contributed by atoms with Crippen LogP contribution in [0.5, 0.6) is 0 Å². The van der Waals surface area contributed by atoms with Gasteiger partial charge >= 0.3 is 6.18 Å². The average Bonchev–Trinajstić information content (AvgIpc) is 1.83. The van der Waals surface area contributed by atoms with E-state index >= 15 is 0 Å². The summed E-state index contributed by atoms with van der Waals surface area (Å²) < 4.78 is 34.0. The Balaban J connectivity index is 4.08. The molecule has 60 valence electrons. The third kappa shape index (κ3) is 2.19. The van der Waals surface area contributed by atoms with Crippen molar-refractivity contribution < 1.29 is 23.1 Å². The Hall–Kier alpha value is -0.820. The molecular weight excluding hydrogens is 153 g/mol. The summed E-state index contributed by atoms with van der Waals surface area (Å²) in [6.45, 7) is 0. The van der Waals surface area contributed by atoms with E-state index in [1.165, 1.54) is 0 Å². The SMILES string of the molecule is NNC(=O)[C@H](O)C(F)(F)F. The molecule has 0 aromatic carbocycles. The Morgan fingerprint density at radius 2 is 2.00 bits per heavy atom. The maximum absolute atomic E-state index is 11.3. The molecule has 0 fully saturated rings. The van der Waals surface area contributed by atoms with Crippen LogP contribution in [0.1, 0.15) is 0 Å². The first-order valence-corrected chi connectivity index (χ1v) is 2.15. The van der Waals surface area contributed by atoms with Gasteiger partial charge in [0.05, 0.1) is 0 Å². The van der Waals surface area contributed by atoms with Gasteiger partial charge in [0, 0.05) is 0 Å². The van der Waals surface area contributed by atoms with E-state index in [4.69, 9.17) is 5.11 Å². The molecule has 0 unspecified atom stereocenters. The Morgan fingerprint density at radius 3 is 2.10 bits per heavy atom. The summed E-state index contributed by atoms with van der Waals surface area (Å²) >= 11 is 0. The number of nitrogens with two attached hydrogens (primary N) is 1. The molecule has 0 aromatic heterocycles. The molecule has 0 heterocycles. The lowest BCUT2D eigenvalue weighted by Gasteiger charge is -2.11. The van der Waals surface area contributed by atoms with E-state index in [0.29, 0.717) is 0 Å². The Morgan fingerprint density at radius 1 is 1.60 bits per heavy atom. The zero-order chi connectivity index (χ0) is 8.36. The lowest BCUT2D eigenvalue weighted by molar-refractivity contribution is -0.205. The topological polar surface area (TPSA) is 75.3 Å². The zero-order valence-electron chi connectivity index (χ0n) is 4.64. The standard InChI is InChI=1S/C3H5F3N2O2/c4-3(5,6)1(9)2(10)8-7/h1,9H,7H2,(H,8,10)/t1-/m0/s1. The van der Waals surface area contributed by atoms with E-state index in [-0.39, 0.29) is 0 Å². The fourth-order valence-electron chi connectivity index (χ4n) is 0.228. The van der Waals surface area contributed by atoms with Crippen molar-refractivity contribution in [1.82, 2.24) is 5.43 Å². The van der Waals surface area contributed by atoms with Crippen LogP contribution in [0.15, 0.2) is 0 Å². The molecule has 10 heavy (non-hydrogen) atoms. The molecule has 0 rings (SSSR count). The van der Waals surface area contributed by atoms with Crippen molar-refractivity contribution in [3.8, 4) is 0 Å². The summed E-state index contributed by atoms with van der Waals surface area (Å²) in [7, 11) is 0. The number of alkyl halides is 3. The van der Waals surface area contributed by atoms with E-state index < -0.39 is 18.2 Å². The molecule has 0 aliphatic carbocycles. The van der Waals surface area contributed by atoms with Gasteiger partial charge in [-0.2, -0.15) is 13.2 Å². The number of rotatable bonds is 1. The lowest BCUT2D eigenvalue weighted by atomic mass is 10.3. The Kier molecular flexibility index (Phi) is 2.61. The molecule has 1 amide bonds. The number of nitrogens with one attached hydrogen (secondary N) is 1. The van der Waals surface area contributed by atoms with Crippen LogP contribution in [0.4, 0.5) is 13.2 Å². The molecule has 0 aromatic rings. The second-order valence-electron chi connectivity index (χ2n) is 1.45. The van der Waals surface area contributed by atoms with Crippen LogP contribution >= 0.6 is 0 Å². The van der Waals surface area contributed by atoms with E-state index in [1.807, 2.05) is 0 Å². The minimum atomic E-state index is -4.95. The van der Waals surface area contributed by atoms with Crippen LogP contribution in [-0.2, 0) is 4.79 Å². The number of halogens is 3. The van der Waals surface area contributed by atoms with Crippen molar-refractivity contribution in [3.05, 3.63) is 0 Å². The van der Waals surface area contributed by atoms with Gasteiger partial charge in [-0.15, -0.1) is 0 Å². The highest BCUT2D eigenvalue weighted by molar-refractivity contribution is 5.80. The highest BCUT2D eigenvalue weighted by Gasteiger charge is 2.43. The predicted octanol–water partition coefficient (Wildman–Crippen LogP) is -1.10. The van der Waals surface area contributed by atoms with Crippen LogP contribution in [0.2, 0.25) is 0 Å². The molecule has 0 radical (unpaired) electrons. The van der Waals surface area contributed by atoms with Crippen molar-refractivity contribution in [3.63, 3.8) is 0 Å². The van der Waals surface area contributed by atoms with E-state index in [9.17, 15) is 18.0 Å². The van der Waals surface area contributed by atoms with Gasteiger partial charge in [-0.3, -0.25) is 10.2 Å². The molecule has 1 atom stereocenters. The van der Waals surface area contributed by atoms with Gasteiger partial charge in [0.25, 0.3) is 5.91 Å². The first kappa shape index (κ1) is 9.18. The van der Waals surface area contributed by atoms with Crippen LogP contribution in [0.3, 0.4) is 0 Å². The third-order valence-corrected chi connectivity index (χ3v) is 0.701. The first-order valence-electron chi connectivity index (χ1n) is 2.15. The molecular formula is C3H5F3N2O2. The van der Waals surface area contributed by atoms with Gasteiger partial charge in [-0.25, -0.2) is 5.84 Å². The normalized spacial score (nSPS) is 14.5. The molecule has 0 saturated carbocycles. The van der Waals surface area contributed by atoms with Gasteiger partial charge < -0.3 is 5.11 Å². The van der Waals surface area contributed by atoms with Crippen LogP contribution in [0.25, 0.3) is 0 Å². The molecule has 7 heteroatoms. The number of aliphatic hydroxyl groups is 1. The minimum Gasteiger partial charge on any atom is -0.376 e. The molecule has 0 bridgehead atoms. The summed E-state index contributed by atoms with van der Waals surface area (Å²) in [5, 5.41) is 8.04. The molecule has 4 N–H and O–H groups in total. The summed E-state index contributed by atoms with van der Waals surface area (Å²) in [5.41, 5.74) is 1.16. The molecule has 4 nitrogen and oxygen atoms in total. The fourth-order valence-corrected chi connectivity index (χ4v) is 0.228. The zero-order valence-corrected chi connectivity index (χ0v) is 4.64. The van der Waals surface area contributed by atoms with Crippen molar-refractivity contribution in [2.75, 3.05) is 0 Å². The first-order chi connectivity index (χ1) is 4.39. The summed E-state index contributed by atoms with van der Waals surface area (Å²) in [4.78, 5) is 9.95. The van der Waals surface area contributed by atoms with Crippen LogP contribution in [-0.4, -0.2) is 23.3 Å². The van der Waals surface area contributed by atoms with Gasteiger partial charge in [0.1, 0.15) is 0 Å².